The summed E-state index contributed by atoms with van der Waals surface area (Å²) in [6.07, 6.45) is 3.78. The average Bonchev–Trinajstić information content (AvgIpc) is 3.25. The van der Waals surface area contributed by atoms with Crippen molar-refractivity contribution in [2.45, 2.75) is 25.0 Å². The molecular formula is C18H21FN2O8S. The number of ether oxygens (including phenoxy) is 5. The van der Waals surface area contributed by atoms with Gasteiger partial charge in [0, 0.05) is 19.1 Å². The Morgan fingerprint density at radius 1 is 1.30 bits per heavy atom. The van der Waals surface area contributed by atoms with E-state index in [0.717, 1.165) is 0 Å². The Balaban J connectivity index is 1.70. The van der Waals surface area contributed by atoms with Gasteiger partial charge in [0.1, 0.15) is 30.5 Å². The van der Waals surface area contributed by atoms with E-state index in [1.165, 1.54) is 19.6 Å². The Morgan fingerprint density at radius 3 is 2.73 bits per heavy atom. The van der Waals surface area contributed by atoms with Crippen molar-refractivity contribution in [3.05, 3.63) is 35.5 Å². The van der Waals surface area contributed by atoms with Crippen molar-refractivity contribution < 1.29 is 41.3 Å². The number of carbonyl (C=O) groups excluding carboxylic acids is 1. The SMILES string of the molecule is COCCOCOc1cc2c(c(F)c1N1CC(=O)NS1(=O)=O)CC1(CC2)OC=CO1. The molecule has 4 rings (SSSR count). The van der Waals surface area contributed by atoms with E-state index in [4.69, 9.17) is 23.7 Å². The van der Waals surface area contributed by atoms with Gasteiger partial charge in [-0.2, -0.15) is 8.42 Å². The number of rotatable bonds is 7. The zero-order chi connectivity index (χ0) is 21.4. The van der Waals surface area contributed by atoms with Crippen molar-refractivity contribution in [1.82, 2.24) is 4.72 Å². The van der Waals surface area contributed by atoms with Crippen molar-refractivity contribution in [3.8, 4) is 5.75 Å². The number of hydrogen-bond acceptors (Lipinski definition) is 8. The van der Waals surface area contributed by atoms with Gasteiger partial charge in [0.25, 0.3) is 11.7 Å². The third-order valence-electron chi connectivity index (χ3n) is 5.04. The number of nitrogens with zero attached hydrogens (tertiary/aromatic N) is 1. The first-order valence-electron chi connectivity index (χ1n) is 9.23. The van der Waals surface area contributed by atoms with Gasteiger partial charge in [-0.25, -0.2) is 13.4 Å². The van der Waals surface area contributed by atoms with Gasteiger partial charge in [-0.1, -0.05) is 0 Å². The van der Waals surface area contributed by atoms with E-state index in [1.807, 2.05) is 4.72 Å². The third kappa shape index (κ3) is 3.77. The molecule has 0 radical (unpaired) electrons. The molecule has 1 aromatic carbocycles. The first-order valence-corrected chi connectivity index (χ1v) is 10.7. The van der Waals surface area contributed by atoms with Crippen LogP contribution in [0.15, 0.2) is 18.6 Å². The molecule has 1 aliphatic carbocycles. The number of carbonyl (C=O) groups is 1. The summed E-state index contributed by atoms with van der Waals surface area (Å²) >= 11 is 0. The predicted octanol–water partition coefficient (Wildman–Crippen LogP) is 0.709. The van der Waals surface area contributed by atoms with Crippen LogP contribution in [-0.4, -0.2) is 53.8 Å². The fraction of sp³-hybridized carbons (Fsp3) is 0.500. The van der Waals surface area contributed by atoms with E-state index in [-0.39, 0.29) is 36.8 Å². The van der Waals surface area contributed by atoms with Crippen LogP contribution in [0.4, 0.5) is 10.1 Å². The first-order chi connectivity index (χ1) is 14.4. The zero-order valence-electron chi connectivity index (χ0n) is 16.2. The molecular weight excluding hydrogens is 423 g/mol. The number of nitrogens with one attached hydrogen (secondary N) is 1. The second-order valence-corrected chi connectivity index (χ2v) is 8.57. The van der Waals surface area contributed by atoms with Crippen molar-refractivity contribution in [1.29, 1.82) is 0 Å². The number of fused-ring (bicyclic) bond motifs is 1. The molecule has 30 heavy (non-hydrogen) atoms. The fourth-order valence-corrected chi connectivity index (χ4v) is 4.79. The average molecular weight is 444 g/mol. The molecule has 164 valence electrons. The van der Waals surface area contributed by atoms with Gasteiger partial charge in [-0.05, 0) is 18.1 Å². The molecule has 10 nitrogen and oxygen atoms in total. The second-order valence-electron chi connectivity index (χ2n) is 6.97. The van der Waals surface area contributed by atoms with E-state index < -0.39 is 34.3 Å². The maximum Gasteiger partial charge on any atom is 0.326 e. The maximum absolute atomic E-state index is 15.7. The third-order valence-corrected chi connectivity index (χ3v) is 6.42. The topological polar surface area (TPSA) is 113 Å². The number of anilines is 1. The summed E-state index contributed by atoms with van der Waals surface area (Å²) in [5, 5.41) is 0. The Hall–Kier alpha value is -2.57. The van der Waals surface area contributed by atoms with E-state index in [2.05, 4.69) is 0 Å². The molecule has 0 bridgehead atoms. The minimum absolute atomic E-state index is 0.0360. The lowest BCUT2D eigenvalue weighted by Crippen LogP contribution is -2.38. The van der Waals surface area contributed by atoms with Crippen LogP contribution >= 0.6 is 0 Å². The van der Waals surface area contributed by atoms with E-state index in [0.29, 0.717) is 29.3 Å². The Kier molecular flexibility index (Phi) is 5.47. The normalized spacial score (nSPS) is 20.6. The minimum atomic E-state index is -4.25. The summed E-state index contributed by atoms with van der Waals surface area (Å²) in [5.74, 6) is -2.63. The maximum atomic E-state index is 15.7. The van der Waals surface area contributed by atoms with Gasteiger partial charge in [0.2, 0.25) is 0 Å². The molecule has 12 heteroatoms. The summed E-state index contributed by atoms with van der Waals surface area (Å²) in [5.41, 5.74) is 0.538. The van der Waals surface area contributed by atoms with Crippen LogP contribution in [0.2, 0.25) is 0 Å². The van der Waals surface area contributed by atoms with Crippen LogP contribution in [0.3, 0.4) is 0 Å². The number of methoxy groups -OCH3 is 1. The summed E-state index contributed by atoms with van der Waals surface area (Å²) in [7, 11) is -2.73. The number of hydrogen-bond donors (Lipinski definition) is 1. The molecule has 3 aliphatic rings. The van der Waals surface area contributed by atoms with E-state index in [1.54, 1.807) is 6.07 Å². The fourth-order valence-electron chi connectivity index (χ4n) is 3.63. The lowest BCUT2D eigenvalue weighted by Gasteiger charge is -2.34. The number of halogens is 1. The molecule has 1 spiro atoms. The molecule has 2 heterocycles. The van der Waals surface area contributed by atoms with Gasteiger partial charge in [-0.3, -0.25) is 4.79 Å². The van der Waals surface area contributed by atoms with Crippen molar-refractivity contribution in [2.24, 2.45) is 0 Å². The molecule has 1 fully saturated rings. The Morgan fingerprint density at radius 2 is 2.07 bits per heavy atom. The largest absolute Gasteiger partial charge is 0.465 e. The van der Waals surface area contributed by atoms with Crippen molar-refractivity contribution >= 4 is 21.8 Å². The Bertz CT molecular complexity index is 973. The minimum Gasteiger partial charge on any atom is -0.465 e. The molecule has 1 amide bonds. The second kappa shape index (κ2) is 7.93. The highest BCUT2D eigenvalue weighted by molar-refractivity contribution is 7.92. The summed E-state index contributed by atoms with van der Waals surface area (Å²) in [6.45, 7) is -0.224. The summed E-state index contributed by atoms with van der Waals surface area (Å²) < 4.78 is 69.7. The first kappa shape index (κ1) is 20.7. The zero-order valence-corrected chi connectivity index (χ0v) is 17.0. The van der Waals surface area contributed by atoms with Crippen LogP contribution in [0.25, 0.3) is 0 Å². The predicted molar refractivity (Wildman–Crippen MR) is 100 cm³/mol. The van der Waals surface area contributed by atoms with Crippen LogP contribution in [-0.2, 0) is 46.8 Å². The van der Waals surface area contributed by atoms with Crippen LogP contribution < -0.4 is 13.8 Å². The smallest absolute Gasteiger partial charge is 0.326 e. The van der Waals surface area contributed by atoms with Crippen molar-refractivity contribution in [3.63, 3.8) is 0 Å². The molecule has 1 saturated heterocycles. The molecule has 2 aliphatic heterocycles. The monoisotopic (exact) mass is 444 g/mol. The summed E-state index contributed by atoms with van der Waals surface area (Å²) in [4.78, 5) is 11.7. The molecule has 0 saturated carbocycles. The molecule has 1 N–H and O–H groups in total. The van der Waals surface area contributed by atoms with Gasteiger partial charge >= 0.3 is 10.2 Å². The van der Waals surface area contributed by atoms with Crippen LogP contribution in [0, 0.1) is 5.82 Å². The highest BCUT2D eigenvalue weighted by atomic mass is 32.2. The number of aryl methyl sites for hydroxylation is 1. The standard InChI is InChI=1S/C18H21FN2O8S/c1-25-4-5-26-11-27-14-8-12-2-3-18(28-6-7-29-18)9-13(12)16(19)17(14)21-10-15(22)20-30(21,23)24/h6-8H,2-5,9-11H2,1H3,(H,20,22). The lowest BCUT2D eigenvalue weighted by molar-refractivity contribution is -0.149. The van der Waals surface area contributed by atoms with Gasteiger partial charge in [0.15, 0.2) is 12.6 Å². The highest BCUT2D eigenvalue weighted by Crippen LogP contribution is 2.44. The van der Waals surface area contributed by atoms with Crippen LogP contribution in [0.1, 0.15) is 17.5 Å². The molecule has 0 atom stereocenters. The van der Waals surface area contributed by atoms with E-state index in [9.17, 15) is 13.2 Å². The quantitative estimate of drug-likeness (QED) is 0.483. The van der Waals surface area contributed by atoms with Gasteiger partial charge < -0.3 is 23.7 Å². The molecule has 0 aromatic heterocycles. The number of amides is 1. The number of benzene rings is 1. The van der Waals surface area contributed by atoms with Crippen LogP contribution in [0.5, 0.6) is 5.75 Å². The van der Waals surface area contributed by atoms with E-state index >= 15 is 4.39 Å². The molecule has 0 unspecified atom stereocenters. The van der Waals surface area contributed by atoms with Gasteiger partial charge in [-0.15, -0.1) is 0 Å². The highest BCUT2D eigenvalue weighted by Gasteiger charge is 2.44. The lowest BCUT2D eigenvalue weighted by atomic mass is 9.86. The van der Waals surface area contributed by atoms with Crippen molar-refractivity contribution in [2.75, 3.05) is 38.0 Å². The summed E-state index contributed by atoms with van der Waals surface area (Å²) in [6, 6.07) is 1.57. The Labute approximate surface area is 172 Å². The van der Waals surface area contributed by atoms with Gasteiger partial charge in [0.05, 0.1) is 19.6 Å². The molecule has 1 aromatic rings.